The molecule has 1 fully saturated rings. The van der Waals surface area contributed by atoms with Crippen LogP contribution in [0.3, 0.4) is 0 Å². The summed E-state index contributed by atoms with van der Waals surface area (Å²) in [5, 5.41) is 0. The highest BCUT2D eigenvalue weighted by Crippen LogP contribution is 2.29. The highest BCUT2D eigenvalue weighted by atomic mass is 79.9. The van der Waals surface area contributed by atoms with Crippen molar-refractivity contribution in [3.05, 3.63) is 16.5 Å². The van der Waals surface area contributed by atoms with Gasteiger partial charge in [0, 0.05) is 25.7 Å². The number of rotatable bonds is 5. The molecule has 0 bridgehead atoms. The van der Waals surface area contributed by atoms with Crippen molar-refractivity contribution in [3.63, 3.8) is 0 Å². The number of furan rings is 1. The SMILES string of the molecule is CN1CCCC1CN(C)S(=O)(=O)c1cc(CN)oc1Br. The molecule has 1 saturated heterocycles. The number of hydrogen-bond acceptors (Lipinski definition) is 5. The van der Waals surface area contributed by atoms with Crippen LogP contribution in [0.5, 0.6) is 0 Å². The lowest BCUT2D eigenvalue weighted by molar-refractivity contribution is 0.271. The molecule has 1 aliphatic heterocycles. The smallest absolute Gasteiger partial charge is 0.247 e. The van der Waals surface area contributed by atoms with Gasteiger partial charge in [0.05, 0.1) is 6.54 Å². The topological polar surface area (TPSA) is 79.8 Å². The van der Waals surface area contributed by atoms with Gasteiger partial charge in [0.2, 0.25) is 10.0 Å². The zero-order valence-electron chi connectivity index (χ0n) is 11.7. The molecule has 2 N–H and O–H groups in total. The van der Waals surface area contributed by atoms with Crippen LogP contribution in [0.15, 0.2) is 20.0 Å². The predicted octanol–water partition coefficient (Wildman–Crippen LogP) is 1.22. The van der Waals surface area contributed by atoms with Crippen LogP contribution < -0.4 is 5.73 Å². The number of hydrogen-bond donors (Lipinski definition) is 1. The third-order valence-electron chi connectivity index (χ3n) is 3.74. The van der Waals surface area contributed by atoms with Gasteiger partial charge in [-0.25, -0.2) is 8.42 Å². The van der Waals surface area contributed by atoms with Gasteiger partial charge in [-0.3, -0.25) is 0 Å². The van der Waals surface area contributed by atoms with E-state index < -0.39 is 10.0 Å². The van der Waals surface area contributed by atoms with Crippen molar-refractivity contribution in [2.75, 3.05) is 27.2 Å². The first-order valence-corrected chi connectivity index (χ1v) is 8.74. The predicted molar refractivity (Wildman–Crippen MR) is 79.8 cm³/mol. The Hall–Kier alpha value is -0.410. The molecule has 0 aromatic carbocycles. The molecule has 1 aromatic rings. The van der Waals surface area contributed by atoms with E-state index in [1.54, 1.807) is 7.05 Å². The molecule has 2 heterocycles. The lowest BCUT2D eigenvalue weighted by Crippen LogP contribution is -2.39. The molecule has 0 saturated carbocycles. The summed E-state index contributed by atoms with van der Waals surface area (Å²) in [7, 11) is 0.0671. The van der Waals surface area contributed by atoms with Crippen LogP contribution in [0.25, 0.3) is 0 Å². The van der Waals surface area contributed by atoms with Crippen LogP contribution in [0.1, 0.15) is 18.6 Å². The van der Waals surface area contributed by atoms with Gasteiger partial charge in [0.1, 0.15) is 10.7 Å². The summed E-state index contributed by atoms with van der Waals surface area (Å²) in [5.41, 5.74) is 5.47. The molecule has 0 amide bonds. The van der Waals surface area contributed by atoms with Crippen LogP contribution in [0.2, 0.25) is 0 Å². The first kappa shape index (κ1) is 16.0. The molecule has 6 nitrogen and oxygen atoms in total. The molecule has 20 heavy (non-hydrogen) atoms. The minimum absolute atomic E-state index is 0.140. The minimum atomic E-state index is -3.56. The summed E-state index contributed by atoms with van der Waals surface area (Å²) in [4.78, 5) is 2.34. The van der Waals surface area contributed by atoms with E-state index >= 15 is 0 Å². The monoisotopic (exact) mass is 365 g/mol. The van der Waals surface area contributed by atoms with Gasteiger partial charge in [0.25, 0.3) is 0 Å². The number of likely N-dealkylation sites (tertiary alicyclic amines) is 1. The molecule has 2 rings (SSSR count). The summed E-state index contributed by atoms with van der Waals surface area (Å²) < 4.78 is 32.0. The molecule has 8 heteroatoms. The maximum Gasteiger partial charge on any atom is 0.247 e. The third-order valence-corrected chi connectivity index (χ3v) is 6.42. The summed E-state index contributed by atoms with van der Waals surface area (Å²) in [5.74, 6) is 0.446. The highest BCUT2D eigenvalue weighted by Gasteiger charge is 2.31. The Kier molecular flexibility index (Phi) is 4.91. The minimum Gasteiger partial charge on any atom is -0.452 e. The summed E-state index contributed by atoms with van der Waals surface area (Å²) in [6.07, 6.45) is 2.14. The second-order valence-electron chi connectivity index (χ2n) is 5.12. The Morgan fingerprint density at radius 2 is 2.30 bits per heavy atom. The normalized spacial score (nSPS) is 20.9. The van der Waals surface area contributed by atoms with Gasteiger partial charge < -0.3 is 15.1 Å². The molecule has 1 atom stereocenters. The van der Waals surface area contributed by atoms with E-state index in [4.69, 9.17) is 10.2 Å². The maximum absolute atomic E-state index is 12.6. The number of likely N-dealkylation sites (N-methyl/N-ethyl adjacent to an activating group) is 2. The highest BCUT2D eigenvalue weighted by molar-refractivity contribution is 9.10. The Labute approximate surface area is 128 Å². The van der Waals surface area contributed by atoms with Crippen LogP contribution in [0.4, 0.5) is 0 Å². The summed E-state index contributed by atoms with van der Waals surface area (Å²) >= 11 is 3.15. The van der Waals surface area contributed by atoms with Crippen LogP contribution in [-0.2, 0) is 16.6 Å². The van der Waals surface area contributed by atoms with Gasteiger partial charge >= 0.3 is 0 Å². The molecule has 0 spiro atoms. The largest absolute Gasteiger partial charge is 0.452 e. The van der Waals surface area contributed by atoms with Gasteiger partial charge in [0.15, 0.2) is 4.67 Å². The van der Waals surface area contributed by atoms with Gasteiger partial charge in [-0.15, -0.1) is 0 Å². The second-order valence-corrected chi connectivity index (χ2v) is 7.85. The van der Waals surface area contributed by atoms with E-state index in [9.17, 15) is 8.42 Å². The van der Waals surface area contributed by atoms with Crippen LogP contribution in [0, 0.1) is 0 Å². The fourth-order valence-corrected chi connectivity index (χ4v) is 4.61. The second kappa shape index (κ2) is 6.15. The van der Waals surface area contributed by atoms with Gasteiger partial charge in [-0.05, 0) is 42.4 Å². The van der Waals surface area contributed by atoms with E-state index in [2.05, 4.69) is 20.8 Å². The van der Waals surface area contributed by atoms with E-state index in [0.29, 0.717) is 12.3 Å². The van der Waals surface area contributed by atoms with Gasteiger partial charge in [-0.2, -0.15) is 4.31 Å². The first-order valence-electron chi connectivity index (χ1n) is 6.51. The van der Waals surface area contributed by atoms with Crippen molar-refractivity contribution in [1.29, 1.82) is 0 Å². The molecule has 114 valence electrons. The summed E-state index contributed by atoms with van der Waals surface area (Å²) in [6.45, 7) is 1.67. The number of sulfonamides is 1. The molecule has 1 aliphatic rings. The van der Waals surface area contributed by atoms with E-state index in [-0.39, 0.29) is 22.2 Å². The fourth-order valence-electron chi connectivity index (χ4n) is 2.45. The van der Waals surface area contributed by atoms with Crippen molar-refractivity contribution < 1.29 is 12.8 Å². The molecule has 1 aromatic heterocycles. The number of nitrogens with two attached hydrogens (primary N) is 1. The van der Waals surface area contributed by atoms with Crippen molar-refractivity contribution in [2.24, 2.45) is 5.73 Å². The lowest BCUT2D eigenvalue weighted by atomic mass is 10.2. The zero-order valence-corrected chi connectivity index (χ0v) is 14.1. The van der Waals surface area contributed by atoms with Crippen molar-refractivity contribution >= 4 is 26.0 Å². The van der Waals surface area contributed by atoms with Crippen molar-refractivity contribution in [2.45, 2.75) is 30.3 Å². The Balaban J connectivity index is 2.18. The molecular formula is C12H20BrN3O3S. The molecule has 1 unspecified atom stereocenters. The number of halogens is 1. The van der Waals surface area contributed by atoms with Crippen molar-refractivity contribution in [3.8, 4) is 0 Å². The Morgan fingerprint density at radius 3 is 2.80 bits per heavy atom. The van der Waals surface area contributed by atoms with E-state index in [1.165, 1.54) is 10.4 Å². The standard InChI is InChI=1S/C12H20BrN3O3S/c1-15-5-3-4-9(15)8-16(2)20(17,18)11-6-10(7-14)19-12(11)13/h6,9H,3-5,7-8,14H2,1-2H3. The average Bonchev–Trinajstić information content (AvgIpc) is 2.96. The van der Waals surface area contributed by atoms with E-state index in [0.717, 1.165) is 19.4 Å². The lowest BCUT2D eigenvalue weighted by Gasteiger charge is -2.25. The zero-order chi connectivity index (χ0) is 14.9. The van der Waals surface area contributed by atoms with Crippen LogP contribution in [-0.4, -0.2) is 50.8 Å². The van der Waals surface area contributed by atoms with Crippen molar-refractivity contribution in [1.82, 2.24) is 9.21 Å². The number of nitrogens with zero attached hydrogens (tertiary/aromatic N) is 2. The average molecular weight is 366 g/mol. The van der Waals surface area contributed by atoms with Gasteiger partial charge in [-0.1, -0.05) is 0 Å². The Bertz CT molecular complexity index is 573. The first-order chi connectivity index (χ1) is 9.36. The quantitative estimate of drug-likeness (QED) is 0.848. The Morgan fingerprint density at radius 1 is 1.60 bits per heavy atom. The van der Waals surface area contributed by atoms with E-state index in [1.807, 2.05) is 7.05 Å². The molecule has 0 radical (unpaired) electrons. The third kappa shape index (κ3) is 3.09. The summed E-state index contributed by atoms with van der Waals surface area (Å²) in [6, 6.07) is 1.75. The molecule has 0 aliphatic carbocycles. The maximum atomic E-state index is 12.6. The molecular weight excluding hydrogens is 346 g/mol. The fraction of sp³-hybridized carbons (Fsp3) is 0.667. The van der Waals surface area contributed by atoms with Crippen LogP contribution >= 0.6 is 15.9 Å².